The highest BCUT2D eigenvalue weighted by Crippen LogP contribution is 2.37. The Balaban J connectivity index is 1.26. The number of hydrazone groups is 1. The first-order valence-corrected chi connectivity index (χ1v) is 12.1. The molecule has 2 N–H and O–H groups in total. The molecule has 178 valence electrons. The number of carbonyl (C=O) groups excluding carboxylic acids is 2. The molecule has 2 amide bonds. The average Bonchev–Trinajstić information content (AvgIpc) is 3.29. The molecule has 0 aromatic heterocycles. The van der Waals surface area contributed by atoms with Crippen LogP contribution in [0.3, 0.4) is 0 Å². The van der Waals surface area contributed by atoms with E-state index in [1.165, 1.54) is 17.7 Å². The summed E-state index contributed by atoms with van der Waals surface area (Å²) in [4.78, 5) is 30.1. The lowest BCUT2D eigenvalue weighted by Gasteiger charge is -2.50. The zero-order valence-electron chi connectivity index (χ0n) is 19.1. The number of benzene rings is 2. The van der Waals surface area contributed by atoms with E-state index in [1.807, 2.05) is 23.1 Å². The number of hydrogen-bond donors (Lipinski definition) is 2. The van der Waals surface area contributed by atoms with E-state index in [9.17, 15) is 14.0 Å². The second kappa shape index (κ2) is 9.83. The number of hydrogen-bond acceptors (Lipinski definition) is 5. The highest BCUT2D eigenvalue weighted by atomic mass is 19.1. The molecule has 2 aromatic rings. The summed E-state index contributed by atoms with van der Waals surface area (Å²) in [5.41, 5.74) is 4.95. The van der Waals surface area contributed by atoms with E-state index in [2.05, 4.69) is 32.9 Å². The van der Waals surface area contributed by atoms with Crippen LogP contribution in [0.4, 0.5) is 10.1 Å². The van der Waals surface area contributed by atoms with Crippen molar-refractivity contribution < 1.29 is 14.0 Å². The number of amidine groups is 1. The second-order valence-corrected chi connectivity index (χ2v) is 9.22. The fourth-order valence-corrected chi connectivity index (χ4v) is 5.35. The van der Waals surface area contributed by atoms with Crippen LogP contribution in [0, 0.1) is 11.7 Å². The summed E-state index contributed by atoms with van der Waals surface area (Å²) < 4.78 is 13.1. The predicted molar refractivity (Wildman–Crippen MR) is 128 cm³/mol. The summed E-state index contributed by atoms with van der Waals surface area (Å²) in [7, 11) is 0. The molecule has 1 saturated heterocycles. The van der Waals surface area contributed by atoms with Crippen molar-refractivity contribution in [2.75, 3.05) is 11.9 Å². The Kier molecular flexibility index (Phi) is 6.47. The van der Waals surface area contributed by atoms with Gasteiger partial charge in [0, 0.05) is 31.1 Å². The van der Waals surface area contributed by atoms with Crippen LogP contribution in [0.25, 0.3) is 0 Å². The van der Waals surface area contributed by atoms with E-state index < -0.39 is 0 Å². The highest BCUT2D eigenvalue weighted by molar-refractivity contribution is 5.95. The molecule has 2 fully saturated rings. The summed E-state index contributed by atoms with van der Waals surface area (Å²) >= 11 is 0. The van der Waals surface area contributed by atoms with Crippen LogP contribution < -0.4 is 10.7 Å². The van der Waals surface area contributed by atoms with Gasteiger partial charge in [-0.1, -0.05) is 43.2 Å². The third kappa shape index (κ3) is 4.62. The van der Waals surface area contributed by atoms with Crippen molar-refractivity contribution in [2.24, 2.45) is 11.0 Å². The smallest absolute Gasteiger partial charge is 0.230 e. The Morgan fingerprint density at radius 1 is 1.06 bits per heavy atom. The van der Waals surface area contributed by atoms with Crippen LogP contribution in [0.2, 0.25) is 0 Å². The van der Waals surface area contributed by atoms with Gasteiger partial charge >= 0.3 is 0 Å². The molecule has 1 aliphatic carbocycles. The molecule has 34 heavy (non-hydrogen) atoms. The van der Waals surface area contributed by atoms with Gasteiger partial charge in [0.2, 0.25) is 11.8 Å². The lowest BCUT2D eigenvalue weighted by molar-refractivity contribution is -0.155. The Labute approximate surface area is 199 Å². The fourth-order valence-electron chi connectivity index (χ4n) is 5.35. The van der Waals surface area contributed by atoms with Crippen molar-refractivity contribution in [1.82, 2.24) is 15.2 Å². The number of nitrogens with one attached hydrogen (secondary N) is 2. The number of nitrogens with zero attached hydrogens (tertiary/aromatic N) is 3. The number of anilines is 1. The highest BCUT2D eigenvalue weighted by Gasteiger charge is 2.50. The van der Waals surface area contributed by atoms with Crippen LogP contribution in [0.15, 0.2) is 59.7 Å². The van der Waals surface area contributed by atoms with Crippen LogP contribution in [0.1, 0.15) is 44.1 Å². The largest absolute Gasteiger partial charge is 0.326 e. The third-order valence-electron chi connectivity index (χ3n) is 7.04. The maximum Gasteiger partial charge on any atom is 0.230 e. The maximum atomic E-state index is 13.4. The van der Waals surface area contributed by atoms with E-state index in [-0.39, 0.29) is 42.3 Å². The molecule has 0 spiro atoms. The molecule has 0 bridgehead atoms. The van der Waals surface area contributed by atoms with Crippen LogP contribution in [0.5, 0.6) is 0 Å². The number of amides is 2. The fraction of sp³-hybridized carbons (Fsp3) is 0.423. The van der Waals surface area contributed by atoms with E-state index in [4.69, 9.17) is 0 Å². The number of rotatable bonds is 7. The van der Waals surface area contributed by atoms with Gasteiger partial charge in [-0.25, -0.2) is 4.39 Å². The molecular formula is C26H30FN5O2. The molecule has 3 aliphatic rings. The van der Waals surface area contributed by atoms with Crippen LogP contribution in [-0.4, -0.2) is 46.3 Å². The van der Waals surface area contributed by atoms with Gasteiger partial charge in [0.1, 0.15) is 11.7 Å². The molecular weight excluding hydrogens is 433 g/mol. The molecule has 1 saturated carbocycles. The van der Waals surface area contributed by atoms with Crippen molar-refractivity contribution in [1.29, 1.82) is 0 Å². The monoisotopic (exact) mass is 463 g/mol. The van der Waals surface area contributed by atoms with Gasteiger partial charge in [-0.15, -0.1) is 0 Å². The van der Waals surface area contributed by atoms with Crippen molar-refractivity contribution >= 4 is 23.3 Å². The summed E-state index contributed by atoms with van der Waals surface area (Å²) in [5.74, 6) is 0.521. The minimum Gasteiger partial charge on any atom is -0.326 e. The van der Waals surface area contributed by atoms with E-state index in [0.29, 0.717) is 18.7 Å². The number of halogens is 1. The summed E-state index contributed by atoms with van der Waals surface area (Å²) in [6, 6.07) is 16.1. The first-order valence-electron chi connectivity index (χ1n) is 12.1. The molecule has 3 atom stereocenters. The zero-order valence-corrected chi connectivity index (χ0v) is 19.1. The van der Waals surface area contributed by atoms with Gasteiger partial charge < -0.3 is 15.1 Å². The average molecular weight is 464 g/mol. The summed E-state index contributed by atoms with van der Waals surface area (Å²) in [6.07, 6.45) is 5.24. The molecule has 0 radical (unpaired) electrons. The van der Waals surface area contributed by atoms with Gasteiger partial charge in [0.15, 0.2) is 6.29 Å². The second-order valence-electron chi connectivity index (χ2n) is 9.22. The predicted octanol–water partition coefficient (Wildman–Crippen LogP) is 3.69. The van der Waals surface area contributed by atoms with Gasteiger partial charge in [-0.2, -0.15) is 5.10 Å². The van der Waals surface area contributed by atoms with Gasteiger partial charge in [-0.3, -0.25) is 15.0 Å². The van der Waals surface area contributed by atoms with E-state index >= 15 is 0 Å². The Morgan fingerprint density at radius 2 is 1.82 bits per heavy atom. The molecule has 3 unspecified atom stereocenters. The Bertz CT molecular complexity index is 1060. The zero-order chi connectivity index (χ0) is 23.5. The molecule has 7 nitrogen and oxygen atoms in total. The Morgan fingerprint density at radius 3 is 2.62 bits per heavy atom. The van der Waals surface area contributed by atoms with Gasteiger partial charge in [-0.05, 0) is 49.1 Å². The standard InChI is InChI=1S/C26H30FN5O2/c27-19-10-12-20(13-11-19)28-24(33)15-14-23-29-30-26-31(17-16-18-6-2-1-3-7-18)25(34)21-8-4-5-9-22(21)32(23)26/h1-3,6-7,10-13,21-22,26,30H,4-5,8-9,14-17H2,(H,28,33). The molecule has 5 rings (SSSR count). The lowest BCUT2D eigenvalue weighted by Crippen LogP contribution is -2.67. The third-order valence-corrected chi connectivity index (χ3v) is 7.04. The van der Waals surface area contributed by atoms with Gasteiger partial charge in [0.05, 0.1) is 5.92 Å². The quantitative estimate of drug-likeness (QED) is 0.657. The van der Waals surface area contributed by atoms with E-state index in [0.717, 1.165) is 37.9 Å². The maximum absolute atomic E-state index is 13.4. The molecule has 8 heteroatoms. The van der Waals surface area contributed by atoms with Crippen molar-refractivity contribution in [3.8, 4) is 0 Å². The molecule has 2 aliphatic heterocycles. The van der Waals surface area contributed by atoms with Crippen molar-refractivity contribution in [2.45, 2.75) is 57.3 Å². The molecule has 2 heterocycles. The summed E-state index contributed by atoms with van der Waals surface area (Å²) in [6.45, 7) is 0.619. The van der Waals surface area contributed by atoms with Crippen LogP contribution >= 0.6 is 0 Å². The Hall–Kier alpha value is -3.42. The summed E-state index contributed by atoms with van der Waals surface area (Å²) in [5, 5.41) is 7.38. The number of fused-ring (bicyclic) bond motifs is 3. The minimum absolute atomic E-state index is 0.0288. The number of carbonyl (C=O) groups is 2. The topological polar surface area (TPSA) is 77.0 Å². The lowest BCUT2D eigenvalue weighted by atomic mass is 9.80. The first kappa shape index (κ1) is 22.4. The van der Waals surface area contributed by atoms with Crippen molar-refractivity contribution in [3.63, 3.8) is 0 Å². The minimum atomic E-state index is -0.339. The van der Waals surface area contributed by atoms with Gasteiger partial charge in [0.25, 0.3) is 0 Å². The SMILES string of the molecule is O=C(CCC1=NNC2N(CCc3ccccc3)C(=O)C3CCCCC3N12)Nc1ccc(F)cc1. The first-order chi connectivity index (χ1) is 16.6. The normalized spacial score (nSPS) is 23.6. The van der Waals surface area contributed by atoms with E-state index in [1.54, 1.807) is 12.1 Å². The van der Waals surface area contributed by atoms with Crippen molar-refractivity contribution in [3.05, 3.63) is 66.0 Å². The molecule has 2 aromatic carbocycles. The van der Waals surface area contributed by atoms with Crippen LogP contribution in [-0.2, 0) is 16.0 Å².